The lowest BCUT2D eigenvalue weighted by atomic mass is 10.1. The molecule has 136 valence electrons. The van der Waals surface area contributed by atoms with E-state index in [1.165, 1.54) is 0 Å². The van der Waals surface area contributed by atoms with Crippen molar-refractivity contribution < 1.29 is 14.3 Å². The Morgan fingerprint density at radius 1 is 1.15 bits per heavy atom. The Kier molecular flexibility index (Phi) is 5.58. The number of aliphatic imine (C=N–C) groups is 1. The summed E-state index contributed by atoms with van der Waals surface area (Å²) in [6.45, 7) is 0.936. The van der Waals surface area contributed by atoms with Gasteiger partial charge in [-0.15, -0.1) is 0 Å². The van der Waals surface area contributed by atoms with Gasteiger partial charge >= 0.3 is 0 Å². The van der Waals surface area contributed by atoms with E-state index >= 15 is 0 Å². The topological polar surface area (TPSA) is 112 Å². The molecule has 0 aliphatic carbocycles. The molecular formula is C19H22N4O3. The zero-order valence-corrected chi connectivity index (χ0v) is 14.4. The molecule has 0 saturated heterocycles. The highest BCUT2D eigenvalue weighted by molar-refractivity contribution is 5.97. The molecule has 0 radical (unpaired) electrons. The third kappa shape index (κ3) is 4.66. The van der Waals surface area contributed by atoms with Gasteiger partial charge in [-0.05, 0) is 36.2 Å². The minimum Gasteiger partial charge on any atom is -0.493 e. The van der Waals surface area contributed by atoms with Crippen LogP contribution in [0.15, 0.2) is 53.5 Å². The van der Waals surface area contributed by atoms with Gasteiger partial charge < -0.3 is 26.3 Å². The van der Waals surface area contributed by atoms with Crippen molar-refractivity contribution in [2.24, 2.45) is 16.5 Å². The first-order valence-electron chi connectivity index (χ1n) is 8.45. The summed E-state index contributed by atoms with van der Waals surface area (Å²) in [5, 5.41) is 2.85. The Morgan fingerprint density at radius 2 is 1.92 bits per heavy atom. The molecule has 1 amide bonds. The molecule has 3 rings (SSSR count). The van der Waals surface area contributed by atoms with Crippen LogP contribution in [-0.2, 0) is 11.2 Å². The van der Waals surface area contributed by atoms with Crippen LogP contribution < -0.4 is 26.3 Å². The number of guanidine groups is 1. The van der Waals surface area contributed by atoms with Crippen LogP contribution in [0.3, 0.4) is 0 Å². The summed E-state index contributed by atoms with van der Waals surface area (Å²) in [6, 6.07) is 15.1. The molecule has 5 N–H and O–H groups in total. The number of fused-ring (bicyclic) bond motifs is 1. The van der Waals surface area contributed by atoms with Gasteiger partial charge in [0.15, 0.2) is 12.1 Å². The van der Waals surface area contributed by atoms with Gasteiger partial charge in [-0.2, -0.15) is 0 Å². The van der Waals surface area contributed by atoms with Crippen LogP contribution >= 0.6 is 0 Å². The molecule has 0 fully saturated rings. The van der Waals surface area contributed by atoms with E-state index in [-0.39, 0.29) is 11.9 Å². The van der Waals surface area contributed by atoms with Gasteiger partial charge in [0.05, 0.1) is 12.3 Å². The molecule has 0 aromatic heterocycles. The lowest BCUT2D eigenvalue weighted by molar-refractivity contribution is -0.124. The summed E-state index contributed by atoms with van der Waals surface area (Å²) < 4.78 is 11.5. The Bertz CT molecular complexity index is 786. The molecular weight excluding hydrogens is 332 g/mol. The van der Waals surface area contributed by atoms with Gasteiger partial charge in [0.25, 0.3) is 5.91 Å². The van der Waals surface area contributed by atoms with E-state index in [0.29, 0.717) is 31.0 Å². The van der Waals surface area contributed by atoms with Crippen molar-refractivity contribution >= 4 is 17.6 Å². The Morgan fingerprint density at radius 3 is 2.69 bits per heavy atom. The van der Waals surface area contributed by atoms with Crippen molar-refractivity contribution in [3.63, 3.8) is 0 Å². The van der Waals surface area contributed by atoms with Crippen molar-refractivity contribution in [2.75, 3.05) is 18.5 Å². The van der Waals surface area contributed by atoms with Crippen molar-refractivity contribution in [1.29, 1.82) is 0 Å². The third-order valence-electron chi connectivity index (χ3n) is 3.97. The first-order valence-corrected chi connectivity index (χ1v) is 8.45. The molecule has 2 aromatic rings. The van der Waals surface area contributed by atoms with Crippen molar-refractivity contribution in [2.45, 2.75) is 18.9 Å². The van der Waals surface area contributed by atoms with E-state index in [4.69, 9.17) is 20.9 Å². The van der Waals surface area contributed by atoms with Gasteiger partial charge in [-0.25, -0.2) is 0 Å². The van der Waals surface area contributed by atoms with Crippen molar-refractivity contribution in [3.8, 4) is 11.5 Å². The number of carbonyl (C=O) groups is 1. The van der Waals surface area contributed by atoms with Crippen LogP contribution in [0.25, 0.3) is 0 Å². The van der Waals surface area contributed by atoms with E-state index in [9.17, 15) is 4.79 Å². The maximum Gasteiger partial charge on any atom is 0.265 e. The number of nitrogens with zero attached hydrogens (tertiary/aromatic N) is 1. The highest BCUT2D eigenvalue weighted by atomic mass is 16.5. The summed E-state index contributed by atoms with van der Waals surface area (Å²) in [5.74, 6) is 1.37. The van der Waals surface area contributed by atoms with E-state index < -0.39 is 6.10 Å². The smallest absolute Gasteiger partial charge is 0.265 e. The fraction of sp³-hybridized carbons (Fsp3) is 0.263. The molecule has 7 heteroatoms. The number of para-hydroxylation sites is 2. The standard InChI is InChI=1S/C19H22N4O3/c20-19(21)22-11-9-13-5-7-14(8-6-13)25-12-10-17-18(24)23-15-3-1-2-4-16(15)26-17/h1-8,17H,9-12H2,(H,23,24)(H4,20,21,22). The predicted molar refractivity (Wildman–Crippen MR) is 100 cm³/mol. The minimum atomic E-state index is -0.552. The Balaban J connectivity index is 1.46. The molecule has 1 atom stereocenters. The molecule has 0 saturated carbocycles. The zero-order valence-electron chi connectivity index (χ0n) is 14.4. The lowest BCUT2D eigenvalue weighted by Gasteiger charge is -2.25. The van der Waals surface area contributed by atoms with Crippen LogP contribution in [0.4, 0.5) is 5.69 Å². The second kappa shape index (κ2) is 8.24. The average molecular weight is 354 g/mol. The van der Waals surface area contributed by atoms with Crippen LogP contribution in [0, 0.1) is 0 Å². The van der Waals surface area contributed by atoms with Gasteiger partial charge in [-0.3, -0.25) is 9.79 Å². The number of carbonyl (C=O) groups excluding carboxylic acids is 1. The summed E-state index contributed by atoms with van der Waals surface area (Å²) in [4.78, 5) is 16.0. The third-order valence-corrected chi connectivity index (χ3v) is 3.97. The number of hydrogen-bond donors (Lipinski definition) is 3. The fourth-order valence-corrected chi connectivity index (χ4v) is 2.63. The van der Waals surface area contributed by atoms with Crippen LogP contribution in [0.1, 0.15) is 12.0 Å². The van der Waals surface area contributed by atoms with Crippen LogP contribution in [-0.4, -0.2) is 31.1 Å². The monoisotopic (exact) mass is 354 g/mol. The average Bonchev–Trinajstić information content (AvgIpc) is 2.63. The Labute approximate surface area is 152 Å². The quantitative estimate of drug-likeness (QED) is 0.517. The number of benzene rings is 2. The molecule has 26 heavy (non-hydrogen) atoms. The number of nitrogens with two attached hydrogens (primary N) is 2. The van der Waals surface area contributed by atoms with Crippen LogP contribution in [0.5, 0.6) is 11.5 Å². The Hall–Kier alpha value is -3.22. The summed E-state index contributed by atoms with van der Waals surface area (Å²) in [7, 11) is 0. The van der Waals surface area contributed by atoms with E-state index in [1.54, 1.807) is 0 Å². The van der Waals surface area contributed by atoms with Gasteiger partial charge in [-0.1, -0.05) is 24.3 Å². The highest BCUT2D eigenvalue weighted by Gasteiger charge is 2.27. The second-order valence-corrected chi connectivity index (χ2v) is 5.93. The normalized spacial score (nSPS) is 15.4. The number of hydrogen-bond acceptors (Lipinski definition) is 4. The highest BCUT2D eigenvalue weighted by Crippen LogP contribution is 2.29. The maximum absolute atomic E-state index is 12.1. The summed E-state index contributed by atoms with van der Waals surface area (Å²) in [6.07, 6.45) is 0.670. The number of ether oxygens (including phenoxy) is 2. The van der Waals surface area contributed by atoms with Gasteiger partial charge in [0, 0.05) is 13.0 Å². The second-order valence-electron chi connectivity index (χ2n) is 5.93. The largest absolute Gasteiger partial charge is 0.493 e. The number of rotatable bonds is 7. The predicted octanol–water partition coefficient (Wildman–Crippen LogP) is 1.67. The van der Waals surface area contributed by atoms with Gasteiger partial charge in [0.1, 0.15) is 11.5 Å². The molecule has 1 aliphatic rings. The first kappa shape index (κ1) is 17.6. The molecule has 0 bridgehead atoms. The summed E-state index contributed by atoms with van der Waals surface area (Å²) >= 11 is 0. The van der Waals surface area contributed by atoms with Crippen LogP contribution in [0.2, 0.25) is 0 Å². The molecule has 0 spiro atoms. The van der Waals surface area contributed by atoms with Gasteiger partial charge in [0.2, 0.25) is 0 Å². The molecule has 1 heterocycles. The number of nitrogens with one attached hydrogen (secondary N) is 1. The zero-order chi connectivity index (χ0) is 18.4. The van der Waals surface area contributed by atoms with E-state index in [0.717, 1.165) is 17.7 Å². The molecule has 7 nitrogen and oxygen atoms in total. The minimum absolute atomic E-state index is 0.0987. The SMILES string of the molecule is NC(N)=NCCc1ccc(OCCC2Oc3ccccc3NC2=O)cc1. The molecule has 2 aromatic carbocycles. The summed E-state index contributed by atoms with van der Waals surface area (Å²) in [5.41, 5.74) is 12.4. The number of anilines is 1. The maximum atomic E-state index is 12.1. The van der Waals surface area contributed by atoms with E-state index in [2.05, 4.69) is 10.3 Å². The van der Waals surface area contributed by atoms with E-state index in [1.807, 2.05) is 48.5 Å². The molecule has 1 aliphatic heterocycles. The first-order chi connectivity index (χ1) is 12.6. The molecule has 1 unspecified atom stereocenters. The van der Waals surface area contributed by atoms with Crippen molar-refractivity contribution in [3.05, 3.63) is 54.1 Å². The van der Waals surface area contributed by atoms with Crippen molar-refractivity contribution in [1.82, 2.24) is 0 Å². The number of amides is 1. The lowest BCUT2D eigenvalue weighted by Crippen LogP contribution is -2.38. The fourth-order valence-electron chi connectivity index (χ4n) is 2.63.